The fraction of sp³-hybridized carbons (Fsp3) is 0.0714. The number of hydrogen-bond donors (Lipinski definition) is 1. The Hall–Kier alpha value is -2.52. The molecule has 3 aromatic rings. The van der Waals surface area contributed by atoms with Gasteiger partial charge in [0, 0.05) is 12.1 Å². The van der Waals surface area contributed by atoms with Crippen LogP contribution in [0.4, 0.5) is 13.2 Å². The van der Waals surface area contributed by atoms with Crippen molar-refractivity contribution in [3.63, 3.8) is 0 Å². The van der Waals surface area contributed by atoms with Gasteiger partial charge in [-0.3, -0.25) is 4.79 Å². The standard InChI is InChI=1S/C14H6Cl2F3N3O3/c15-7-2-1-6(5-8(7)16)25-10-11(14(17,18)19)20-12(21-13(10)23)9-3-4-24-22-9/h1-5H,(H,20,21,23). The zero-order valence-electron chi connectivity index (χ0n) is 11.9. The molecule has 3 rings (SSSR count). The molecule has 2 heterocycles. The molecule has 25 heavy (non-hydrogen) atoms. The summed E-state index contributed by atoms with van der Waals surface area (Å²) in [6, 6.07) is 5.00. The van der Waals surface area contributed by atoms with Crippen LogP contribution in [0.5, 0.6) is 11.5 Å². The smallest absolute Gasteiger partial charge is 0.437 e. The van der Waals surface area contributed by atoms with Gasteiger partial charge in [-0.2, -0.15) is 13.2 Å². The summed E-state index contributed by atoms with van der Waals surface area (Å²) in [5, 5.41) is 3.67. The minimum absolute atomic E-state index is 0.0522. The van der Waals surface area contributed by atoms with E-state index >= 15 is 0 Å². The van der Waals surface area contributed by atoms with Crippen molar-refractivity contribution in [3.05, 3.63) is 56.6 Å². The van der Waals surface area contributed by atoms with Gasteiger partial charge in [-0.25, -0.2) is 4.98 Å². The van der Waals surface area contributed by atoms with Gasteiger partial charge in [-0.05, 0) is 12.1 Å². The Morgan fingerprint density at radius 3 is 2.52 bits per heavy atom. The minimum Gasteiger partial charge on any atom is -0.449 e. The van der Waals surface area contributed by atoms with Crippen molar-refractivity contribution >= 4 is 23.2 Å². The number of H-pyrrole nitrogens is 1. The molecule has 0 saturated carbocycles. The highest BCUT2D eigenvalue weighted by Crippen LogP contribution is 2.36. The first kappa shape index (κ1) is 17.3. The molecule has 0 radical (unpaired) electrons. The highest BCUT2D eigenvalue weighted by molar-refractivity contribution is 6.42. The molecule has 0 amide bonds. The molecule has 0 aliphatic rings. The average Bonchev–Trinajstić information content (AvgIpc) is 3.06. The molecule has 0 saturated heterocycles. The van der Waals surface area contributed by atoms with Gasteiger partial charge in [0.15, 0.2) is 11.5 Å². The Kier molecular flexibility index (Phi) is 4.44. The van der Waals surface area contributed by atoms with Gasteiger partial charge in [0.1, 0.15) is 17.7 Å². The van der Waals surface area contributed by atoms with E-state index in [-0.39, 0.29) is 21.5 Å². The number of nitrogens with one attached hydrogen (secondary N) is 1. The van der Waals surface area contributed by atoms with Crippen molar-refractivity contribution in [1.82, 2.24) is 15.1 Å². The third-order valence-corrected chi connectivity index (χ3v) is 3.68. The van der Waals surface area contributed by atoms with Crippen LogP contribution in [-0.2, 0) is 6.18 Å². The maximum Gasteiger partial charge on any atom is 0.437 e. The molecule has 1 aromatic carbocycles. The Morgan fingerprint density at radius 1 is 1.16 bits per heavy atom. The van der Waals surface area contributed by atoms with E-state index in [0.29, 0.717) is 0 Å². The lowest BCUT2D eigenvalue weighted by molar-refractivity contribution is -0.142. The summed E-state index contributed by atoms with van der Waals surface area (Å²) in [7, 11) is 0. The lowest BCUT2D eigenvalue weighted by Crippen LogP contribution is -2.20. The lowest BCUT2D eigenvalue weighted by Gasteiger charge is -2.13. The predicted molar refractivity (Wildman–Crippen MR) is 81.9 cm³/mol. The molecule has 130 valence electrons. The van der Waals surface area contributed by atoms with E-state index in [4.69, 9.17) is 27.9 Å². The van der Waals surface area contributed by atoms with E-state index in [9.17, 15) is 18.0 Å². The second-order valence-electron chi connectivity index (χ2n) is 4.65. The van der Waals surface area contributed by atoms with E-state index in [0.717, 1.165) is 6.26 Å². The van der Waals surface area contributed by atoms with Crippen molar-refractivity contribution in [2.45, 2.75) is 6.18 Å². The maximum absolute atomic E-state index is 13.3. The Morgan fingerprint density at radius 2 is 1.92 bits per heavy atom. The van der Waals surface area contributed by atoms with Crippen molar-refractivity contribution in [2.75, 3.05) is 0 Å². The van der Waals surface area contributed by atoms with Gasteiger partial charge in [0.2, 0.25) is 5.75 Å². The zero-order valence-corrected chi connectivity index (χ0v) is 13.4. The van der Waals surface area contributed by atoms with Crippen LogP contribution in [0.2, 0.25) is 10.0 Å². The Labute approximate surface area is 147 Å². The molecule has 0 unspecified atom stereocenters. The molecule has 6 nitrogen and oxygen atoms in total. The average molecular weight is 392 g/mol. The number of aromatic nitrogens is 3. The van der Waals surface area contributed by atoms with E-state index in [2.05, 4.69) is 19.6 Å². The van der Waals surface area contributed by atoms with E-state index in [1.807, 2.05) is 0 Å². The van der Waals surface area contributed by atoms with E-state index < -0.39 is 29.0 Å². The third kappa shape index (κ3) is 3.62. The van der Waals surface area contributed by atoms with Crippen LogP contribution in [0.25, 0.3) is 11.5 Å². The van der Waals surface area contributed by atoms with Crippen molar-refractivity contribution in [2.24, 2.45) is 0 Å². The Bertz CT molecular complexity index is 972. The number of aromatic amines is 1. The second-order valence-corrected chi connectivity index (χ2v) is 5.47. The normalized spacial score (nSPS) is 11.6. The molecule has 0 bridgehead atoms. The summed E-state index contributed by atoms with van der Waals surface area (Å²) < 4.78 is 49.5. The maximum atomic E-state index is 13.3. The molecule has 0 atom stereocenters. The lowest BCUT2D eigenvalue weighted by atomic mass is 10.3. The van der Waals surface area contributed by atoms with Gasteiger partial charge in [0.25, 0.3) is 5.56 Å². The van der Waals surface area contributed by atoms with Crippen LogP contribution in [-0.4, -0.2) is 15.1 Å². The fourth-order valence-electron chi connectivity index (χ4n) is 1.86. The quantitative estimate of drug-likeness (QED) is 0.708. The molecular formula is C14H6Cl2F3N3O3. The number of hydrogen-bond acceptors (Lipinski definition) is 5. The molecule has 1 N–H and O–H groups in total. The van der Waals surface area contributed by atoms with Gasteiger partial charge >= 0.3 is 6.18 Å². The summed E-state index contributed by atoms with van der Waals surface area (Å²) >= 11 is 11.5. The number of alkyl halides is 3. The number of halogens is 5. The summed E-state index contributed by atoms with van der Waals surface area (Å²) in [6.45, 7) is 0. The fourth-order valence-corrected chi connectivity index (χ4v) is 2.15. The highest BCUT2D eigenvalue weighted by atomic mass is 35.5. The van der Waals surface area contributed by atoms with Gasteiger partial charge in [-0.15, -0.1) is 0 Å². The summed E-state index contributed by atoms with van der Waals surface area (Å²) in [5.41, 5.74) is -2.73. The first-order valence-electron chi connectivity index (χ1n) is 6.51. The zero-order chi connectivity index (χ0) is 18.2. The molecule has 2 aromatic heterocycles. The highest BCUT2D eigenvalue weighted by Gasteiger charge is 2.39. The van der Waals surface area contributed by atoms with E-state index in [1.165, 1.54) is 24.3 Å². The van der Waals surface area contributed by atoms with Crippen LogP contribution >= 0.6 is 23.2 Å². The largest absolute Gasteiger partial charge is 0.449 e. The minimum atomic E-state index is -4.95. The van der Waals surface area contributed by atoms with Crippen molar-refractivity contribution in [1.29, 1.82) is 0 Å². The number of rotatable bonds is 3. The van der Waals surface area contributed by atoms with Gasteiger partial charge < -0.3 is 14.2 Å². The van der Waals surface area contributed by atoms with Crippen LogP contribution in [0.1, 0.15) is 5.69 Å². The SMILES string of the molecule is O=c1[nH]c(-c2ccon2)nc(C(F)(F)F)c1Oc1ccc(Cl)c(Cl)c1. The van der Waals surface area contributed by atoms with Gasteiger partial charge in [-0.1, -0.05) is 28.4 Å². The predicted octanol–water partition coefficient (Wildman–Crippen LogP) is 4.54. The van der Waals surface area contributed by atoms with Crippen LogP contribution in [0.3, 0.4) is 0 Å². The van der Waals surface area contributed by atoms with Crippen LogP contribution < -0.4 is 10.3 Å². The first-order chi connectivity index (χ1) is 11.8. The second kappa shape index (κ2) is 6.41. The molecular weight excluding hydrogens is 386 g/mol. The van der Waals surface area contributed by atoms with Crippen LogP contribution in [0, 0.1) is 0 Å². The van der Waals surface area contributed by atoms with Crippen molar-refractivity contribution in [3.8, 4) is 23.0 Å². The molecule has 0 aliphatic carbocycles. The third-order valence-electron chi connectivity index (χ3n) is 2.94. The number of benzene rings is 1. The summed E-state index contributed by atoms with van der Waals surface area (Å²) in [6.07, 6.45) is -3.82. The Balaban J connectivity index is 2.12. The molecule has 11 heteroatoms. The summed E-state index contributed by atoms with van der Waals surface area (Å²) in [4.78, 5) is 17.7. The van der Waals surface area contributed by atoms with Gasteiger partial charge in [0.05, 0.1) is 10.0 Å². The number of ether oxygens (including phenoxy) is 1. The molecule has 0 fully saturated rings. The summed E-state index contributed by atoms with van der Waals surface area (Å²) in [5.74, 6) is -1.55. The molecule has 0 aliphatic heterocycles. The first-order valence-corrected chi connectivity index (χ1v) is 7.26. The van der Waals surface area contributed by atoms with Crippen LogP contribution in [0.15, 0.2) is 39.8 Å². The topological polar surface area (TPSA) is 81.0 Å². The van der Waals surface area contributed by atoms with E-state index in [1.54, 1.807) is 0 Å². The monoisotopic (exact) mass is 391 g/mol. The number of nitrogens with zero attached hydrogens (tertiary/aromatic N) is 2. The molecule has 0 spiro atoms. The van der Waals surface area contributed by atoms with Crippen molar-refractivity contribution < 1.29 is 22.4 Å².